The second-order valence-corrected chi connectivity index (χ2v) is 5.19. The Balaban J connectivity index is 0.00000162. The van der Waals surface area contributed by atoms with E-state index in [1.807, 2.05) is 0 Å². The van der Waals surface area contributed by atoms with Crippen LogP contribution < -0.4 is 0 Å². The predicted octanol–water partition coefficient (Wildman–Crippen LogP) is 3.00. The van der Waals surface area contributed by atoms with Crippen LogP contribution in [0.1, 0.15) is 44.9 Å². The van der Waals surface area contributed by atoms with Gasteiger partial charge in [0, 0.05) is 48.2 Å². The molecule has 0 aromatic rings. The van der Waals surface area contributed by atoms with Crippen molar-refractivity contribution >= 4 is 5.78 Å². The van der Waals surface area contributed by atoms with E-state index in [1.165, 1.54) is 12.5 Å². The van der Waals surface area contributed by atoms with Crippen LogP contribution in [0.15, 0.2) is 11.8 Å². The Morgan fingerprint density at radius 2 is 1.61 bits per heavy atom. The fourth-order valence-electron chi connectivity index (χ4n) is 2.76. The first kappa shape index (κ1) is 15.7. The predicted molar refractivity (Wildman–Crippen MR) is 65.8 cm³/mol. The molecule has 1 aliphatic heterocycles. The second kappa shape index (κ2) is 7.98. The third kappa shape index (κ3) is 4.42. The van der Waals surface area contributed by atoms with E-state index in [9.17, 15) is 9.90 Å². The van der Waals surface area contributed by atoms with Gasteiger partial charge in [0.15, 0.2) is 5.78 Å². The van der Waals surface area contributed by atoms with Crippen molar-refractivity contribution in [1.82, 2.24) is 0 Å². The molecule has 4 heteroatoms. The van der Waals surface area contributed by atoms with Gasteiger partial charge in [-0.05, 0) is 25.7 Å². The summed E-state index contributed by atoms with van der Waals surface area (Å²) in [5, 5.41) is 9.96. The quantitative estimate of drug-likeness (QED) is 0.495. The summed E-state index contributed by atoms with van der Waals surface area (Å²) in [6, 6.07) is 0. The van der Waals surface area contributed by atoms with Gasteiger partial charge >= 0.3 is 0 Å². The van der Waals surface area contributed by atoms with Crippen molar-refractivity contribution < 1.29 is 31.7 Å². The molecule has 1 aliphatic carbocycles. The molecular weight excluding hydrogens is 280 g/mol. The van der Waals surface area contributed by atoms with Crippen molar-refractivity contribution in [1.29, 1.82) is 0 Å². The van der Waals surface area contributed by atoms with Crippen LogP contribution in [-0.4, -0.2) is 24.1 Å². The van der Waals surface area contributed by atoms with E-state index in [0.717, 1.165) is 38.5 Å². The zero-order valence-corrected chi connectivity index (χ0v) is 11.6. The van der Waals surface area contributed by atoms with Crippen LogP contribution in [0, 0.1) is 11.8 Å². The Morgan fingerprint density at radius 1 is 1.00 bits per heavy atom. The van der Waals surface area contributed by atoms with Crippen molar-refractivity contribution in [3.63, 3.8) is 0 Å². The Bertz CT molecular complexity index is 289. The first-order chi connectivity index (χ1) is 8.27. The average Bonchev–Trinajstić information content (AvgIpc) is 2.40. The number of hydrogen-bond acceptors (Lipinski definition) is 3. The molecule has 1 N–H and O–H groups in total. The van der Waals surface area contributed by atoms with Gasteiger partial charge in [-0.2, -0.15) is 0 Å². The Hall–Kier alpha value is -0.311. The number of rotatable bonds is 3. The van der Waals surface area contributed by atoms with Gasteiger partial charge in [-0.25, -0.2) is 0 Å². The van der Waals surface area contributed by atoms with Gasteiger partial charge in [0.2, 0.25) is 0 Å². The number of carbonyl (C=O) groups is 1. The summed E-state index contributed by atoms with van der Waals surface area (Å²) >= 11 is 0. The molecule has 2 rings (SSSR count). The van der Waals surface area contributed by atoms with Gasteiger partial charge in [-0.15, -0.1) is 0 Å². The summed E-state index contributed by atoms with van der Waals surface area (Å²) in [4.78, 5) is 12.0. The topological polar surface area (TPSA) is 46.5 Å². The van der Waals surface area contributed by atoms with Gasteiger partial charge in [0.25, 0.3) is 0 Å². The van der Waals surface area contributed by atoms with E-state index in [4.69, 9.17) is 4.74 Å². The molecule has 1 radical (unpaired) electrons. The first-order valence-electron chi connectivity index (χ1n) is 6.79. The molecule has 0 bridgehead atoms. The minimum atomic E-state index is 0. The smallest absolute Gasteiger partial charge is 0.162 e. The monoisotopic (exact) mass is 301 g/mol. The van der Waals surface area contributed by atoms with Crippen molar-refractivity contribution in [2.24, 2.45) is 11.8 Å². The van der Waals surface area contributed by atoms with Crippen molar-refractivity contribution in [2.45, 2.75) is 44.9 Å². The zero-order valence-electron chi connectivity index (χ0n) is 10.7. The Labute approximate surface area is 119 Å². The molecule has 3 nitrogen and oxygen atoms in total. The Morgan fingerprint density at radius 3 is 2.22 bits per heavy atom. The summed E-state index contributed by atoms with van der Waals surface area (Å²) in [7, 11) is 0. The molecule has 1 heterocycles. The number of aliphatic hydroxyl groups is 1. The minimum Gasteiger partial charge on any atom is -0.512 e. The first-order valence-corrected chi connectivity index (χ1v) is 6.79. The summed E-state index contributed by atoms with van der Waals surface area (Å²) in [5.74, 6) is 0.708. The van der Waals surface area contributed by atoms with Gasteiger partial charge in [-0.1, -0.05) is 19.3 Å². The molecule has 0 aromatic heterocycles. The van der Waals surface area contributed by atoms with E-state index in [1.54, 1.807) is 0 Å². The summed E-state index contributed by atoms with van der Waals surface area (Å²) in [6.07, 6.45) is 8.71. The number of hydrogen-bond donors (Lipinski definition) is 1. The summed E-state index contributed by atoms with van der Waals surface area (Å²) in [5.41, 5.74) is 0. The van der Waals surface area contributed by atoms with Crippen molar-refractivity contribution in [2.75, 3.05) is 13.2 Å². The van der Waals surface area contributed by atoms with Crippen LogP contribution >= 0.6 is 0 Å². The molecule has 1 saturated heterocycles. The van der Waals surface area contributed by atoms with Gasteiger partial charge in [-0.3, -0.25) is 4.79 Å². The number of ketones is 1. The van der Waals surface area contributed by atoms with Crippen LogP contribution in [0.3, 0.4) is 0 Å². The molecule has 2 aliphatic rings. The zero-order chi connectivity index (χ0) is 12.1. The molecule has 1 saturated carbocycles. The maximum Gasteiger partial charge on any atom is 0.162 e. The van der Waals surface area contributed by atoms with E-state index >= 15 is 0 Å². The van der Waals surface area contributed by atoms with Crippen molar-refractivity contribution in [3.8, 4) is 0 Å². The molecule has 2 fully saturated rings. The molecule has 107 valence electrons. The van der Waals surface area contributed by atoms with Gasteiger partial charge < -0.3 is 9.84 Å². The third-order valence-electron chi connectivity index (χ3n) is 3.94. The second-order valence-electron chi connectivity index (χ2n) is 5.19. The fraction of sp³-hybridized carbons (Fsp3) is 0.786. The number of allylic oxidation sites excluding steroid dienone is 2. The molecule has 0 unspecified atom stereocenters. The summed E-state index contributed by atoms with van der Waals surface area (Å²) < 4.78 is 5.25. The number of ether oxygens (including phenoxy) is 1. The van der Waals surface area contributed by atoms with E-state index in [-0.39, 0.29) is 40.4 Å². The van der Waals surface area contributed by atoms with Crippen molar-refractivity contribution in [3.05, 3.63) is 11.8 Å². The van der Waals surface area contributed by atoms with Crippen LogP contribution in [0.5, 0.6) is 0 Å². The van der Waals surface area contributed by atoms with E-state index in [2.05, 4.69) is 0 Å². The van der Waals surface area contributed by atoms with E-state index in [0.29, 0.717) is 13.2 Å². The molecular formula is C14H22CuO3. The molecule has 18 heavy (non-hydrogen) atoms. The van der Waals surface area contributed by atoms with E-state index < -0.39 is 0 Å². The molecule has 0 aromatic carbocycles. The van der Waals surface area contributed by atoms with Crippen LogP contribution in [0.2, 0.25) is 0 Å². The third-order valence-corrected chi connectivity index (χ3v) is 3.94. The van der Waals surface area contributed by atoms with Gasteiger partial charge in [0.1, 0.15) is 0 Å². The fourth-order valence-corrected chi connectivity index (χ4v) is 2.76. The van der Waals surface area contributed by atoms with Crippen LogP contribution in [0.4, 0.5) is 0 Å². The standard InChI is InChI=1S/C14H22O3.Cu/c15-13(11-4-2-1-3-5-11)10-14(16)12-6-8-17-9-7-12;/h10-12,16H,1-9H2;/b14-10-;. The molecule has 0 spiro atoms. The molecule has 0 amide bonds. The Kier molecular flexibility index (Phi) is 6.98. The van der Waals surface area contributed by atoms with Crippen LogP contribution in [-0.2, 0) is 26.6 Å². The average molecular weight is 302 g/mol. The molecule has 0 atom stereocenters. The normalized spacial score (nSPS) is 23.4. The maximum atomic E-state index is 12.0. The van der Waals surface area contributed by atoms with Crippen LogP contribution in [0.25, 0.3) is 0 Å². The minimum absolute atomic E-state index is 0. The largest absolute Gasteiger partial charge is 0.512 e. The maximum absolute atomic E-state index is 12.0. The number of aliphatic hydroxyl groups excluding tert-OH is 1. The number of carbonyl (C=O) groups excluding carboxylic acids is 1. The summed E-state index contributed by atoms with van der Waals surface area (Å²) in [6.45, 7) is 1.39. The SMILES string of the molecule is O=C(/C=C(\O)C1CCOCC1)C1CCCCC1.[Cu]. The van der Waals surface area contributed by atoms with Gasteiger partial charge in [0.05, 0.1) is 5.76 Å².